The first-order valence-corrected chi connectivity index (χ1v) is 5.67. The SMILES string of the molecule is O=c1[nH]c2cc3cc4n(c3cc2o1)CCNC4. The summed E-state index contributed by atoms with van der Waals surface area (Å²) < 4.78 is 7.37. The average molecular weight is 229 g/mol. The summed E-state index contributed by atoms with van der Waals surface area (Å²) in [6, 6.07) is 6.07. The summed E-state index contributed by atoms with van der Waals surface area (Å²) in [7, 11) is 0. The van der Waals surface area contributed by atoms with Gasteiger partial charge in [-0.05, 0) is 12.1 Å². The molecule has 0 amide bonds. The Morgan fingerprint density at radius 1 is 1.29 bits per heavy atom. The Bertz CT molecular complexity index is 778. The summed E-state index contributed by atoms with van der Waals surface area (Å²) in [5, 5.41) is 4.49. The molecule has 2 aromatic heterocycles. The zero-order valence-corrected chi connectivity index (χ0v) is 9.12. The van der Waals surface area contributed by atoms with Crippen LogP contribution in [0.4, 0.5) is 0 Å². The van der Waals surface area contributed by atoms with Crippen LogP contribution >= 0.6 is 0 Å². The lowest BCUT2D eigenvalue weighted by molar-refractivity contribution is 0.526. The highest BCUT2D eigenvalue weighted by atomic mass is 16.4. The number of H-pyrrole nitrogens is 1. The maximum Gasteiger partial charge on any atom is 0.417 e. The summed E-state index contributed by atoms with van der Waals surface area (Å²) in [4.78, 5) is 13.8. The molecule has 86 valence electrons. The van der Waals surface area contributed by atoms with Crippen molar-refractivity contribution >= 4 is 22.0 Å². The van der Waals surface area contributed by atoms with Crippen molar-refractivity contribution in [2.24, 2.45) is 0 Å². The van der Waals surface area contributed by atoms with Crippen LogP contribution in [0.1, 0.15) is 5.69 Å². The Morgan fingerprint density at radius 2 is 2.24 bits per heavy atom. The molecule has 0 atom stereocenters. The van der Waals surface area contributed by atoms with Gasteiger partial charge in [0.15, 0.2) is 5.58 Å². The first-order chi connectivity index (χ1) is 8.31. The number of hydrogen-bond donors (Lipinski definition) is 2. The van der Waals surface area contributed by atoms with Crippen LogP contribution in [0.3, 0.4) is 0 Å². The molecule has 1 aliphatic heterocycles. The summed E-state index contributed by atoms with van der Waals surface area (Å²) in [5.74, 6) is -0.395. The molecule has 4 rings (SSSR count). The molecule has 0 unspecified atom stereocenters. The lowest BCUT2D eigenvalue weighted by atomic mass is 10.2. The molecular formula is C12H11N3O2. The van der Waals surface area contributed by atoms with Gasteiger partial charge in [0.2, 0.25) is 0 Å². The molecule has 0 saturated heterocycles. The molecule has 0 radical (unpaired) electrons. The molecule has 3 heterocycles. The first kappa shape index (κ1) is 9.07. The topological polar surface area (TPSA) is 63.0 Å². The number of oxazole rings is 1. The van der Waals surface area contributed by atoms with Gasteiger partial charge >= 0.3 is 5.76 Å². The fourth-order valence-corrected chi connectivity index (χ4v) is 2.58. The van der Waals surface area contributed by atoms with Crippen LogP contribution in [0.2, 0.25) is 0 Å². The van der Waals surface area contributed by atoms with Gasteiger partial charge < -0.3 is 14.3 Å². The van der Waals surface area contributed by atoms with E-state index in [1.807, 2.05) is 12.1 Å². The number of fused-ring (bicyclic) bond motifs is 4. The second kappa shape index (κ2) is 3.01. The van der Waals surface area contributed by atoms with Gasteiger partial charge in [-0.2, -0.15) is 0 Å². The maximum atomic E-state index is 11.1. The van der Waals surface area contributed by atoms with E-state index < -0.39 is 5.76 Å². The third kappa shape index (κ3) is 1.20. The summed E-state index contributed by atoms with van der Waals surface area (Å²) >= 11 is 0. The number of nitrogens with one attached hydrogen (secondary N) is 2. The predicted octanol–water partition coefficient (Wildman–Crippen LogP) is 1.18. The summed E-state index contributed by atoms with van der Waals surface area (Å²) in [5.41, 5.74) is 3.80. The van der Waals surface area contributed by atoms with E-state index in [1.54, 1.807) is 0 Å². The molecule has 0 saturated carbocycles. The standard InChI is InChI=1S/C12H11N3O2/c16-12-14-9-4-7-3-8-6-13-1-2-15(8)10(7)5-11(9)17-12/h3-5,13H,1-2,6H2,(H,14,16). The highest BCUT2D eigenvalue weighted by molar-refractivity contribution is 5.93. The molecule has 0 bridgehead atoms. The highest BCUT2D eigenvalue weighted by Crippen LogP contribution is 2.25. The quantitative estimate of drug-likeness (QED) is 0.608. The Labute approximate surface area is 96.0 Å². The van der Waals surface area contributed by atoms with Crippen molar-refractivity contribution in [3.05, 3.63) is 34.4 Å². The van der Waals surface area contributed by atoms with E-state index in [1.165, 1.54) is 5.69 Å². The lowest BCUT2D eigenvalue weighted by Crippen LogP contribution is -2.27. The zero-order chi connectivity index (χ0) is 11.4. The molecule has 5 nitrogen and oxygen atoms in total. The predicted molar refractivity (Wildman–Crippen MR) is 64.0 cm³/mol. The lowest BCUT2D eigenvalue weighted by Gasteiger charge is -2.16. The van der Waals surface area contributed by atoms with Crippen molar-refractivity contribution in [3.63, 3.8) is 0 Å². The molecule has 2 N–H and O–H groups in total. The number of rotatable bonds is 0. The third-order valence-electron chi connectivity index (χ3n) is 3.35. The molecule has 5 heteroatoms. The van der Waals surface area contributed by atoms with Crippen molar-refractivity contribution in [1.29, 1.82) is 0 Å². The van der Waals surface area contributed by atoms with E-state index in [9.17, 15) is 4.79 Å². The highest BCUT2D eigenvalue weighted by Gasteiger charge is 2.14. The van der Waals surface area contributed by atoms with E-state index in [2.05, 4.69) is 20.9 Å². The minimum absolute atomic E-state index is 0.395. The third-order valence-corrected chi connectivity index (χ3v) is 3.35. The number of aromatic amines is 1. The van der Waals surface area contributed by atoms with Gasteiger partial charge in [-0.3, -0.25) is 4.98 Å². The molecular weight excluding hydrogens is 218 g/mol. The maximum absolute atomic E-state index is 11.1. The molecule has 1 aromatic carbocycles. The smallest absolute Gasteiger partial charge is 0.408 e. The van der Waals surface area contributed by atoms with Gasteiger partial charge in [0, 0.05) is 36.8 Å². The fourth-order valence-electron chi connectivity index (χ4n) is 2.58. The second-order valence-corrected chi connectivity index (χ2v) is 4.39. The van der Waals surface area contributed by atoms with Gasteiger partial charge in [0.1, 0.15) is 0 Å². The molecule has 0 spiro atoms. The fraction of sp³-hybridized carbons (Fsp3) is 0.250. The van der Waals surface area contributed by atoms with Gasteiger partial charge in [-0.15, -0.1) is 0 Å². The van der Waals surface area contributed by atoms with Crippen molar-refractivity contribution in [1.82, 2.24) is 14.9 Å². The Morgan fingerprint density at radius 3 is 3.18 bits per heavy atom. The van der Waals surface area contributed by atoms with Crippen molar-refractivity contribution in [2.75, 3.05) is 6.54 Å². The minimum atomic E-state index is -0.395. The second-order valence-electron chi connectivity index (χ2n) is 4.39. The summed E-state index contributed by atoms with van der Waals surface area (Å²) in [6.07, 6.45) is 0. The van der Waals surface area contributed by atoms with E-state index >= 15 is 0 Å². The van der Waals surface area contributed by atoms with Gasteiger partial charge in [0.05, 0.1) is 11.0 Å². The summed E-state index contributed by atoms with van der Waals surface area (Å²) in [6.45, 7) is 2.83. The molecule has 0 aliphatic carbocycles. The van der Waals surface area contributed by atoms with Gasteiger partial charge in [0.25, 0.3) is 0 Å². The van der Waals surface area contributed by atoms with Gasteiger partial charge in [-0.25, -0.2) is 4.79 Å². The van der Waals surface area contributed by atoms with E-state index in [4.69, 9.17) is 4.42 Å². The van der Waals surface area contributed by atoms with E-state index in [0.717, 1.165) is 36.1 Å². The van der Waals surface area contributed by atoms with Crippen LogP contribution in [0.5, 0.6) is 0 Å². The first-order valence-electron chi connectivity index (χ1n) is 5.67. The van der Waals surface area contributed by atoms with E-state index in [0.29, 0.717) is 5.58 Å². The Kier molecular flexibility index (Phi) is 1.61. The number of hydrogen-bond acceptors (Lipinski definition) is 3. The Hall–Kier alpha value is -2.01. The van der Waals surface area contributed by atoms with Crippen molar-refractivity contribution in [2.45, 2.75) is 13.1 Å². The average Bonchev–Trinajstić information content (AvgIpc) is 2.84. The largest absolute Gasteiger partial charge is 0.417 e. The van der Waals surface area contributed by atoms with Gasteiger partial charge in [-0.1, -0.05) is 0 Å². The number of aromatic nitrogens is 2. The van der Waals surface area contributed by atoms with Crippen LogP contribution in [0, 0.1) is 0 Å². The molecule has 1 aliphatic rings. The Balaban J connectivity index is 2.13. The van der Waals surface area contributed by atoms with Crippen molar-refractivity contribution in [3.8, 4) is 0 Å². The number of nitrogens with zero attached hydrogens (tertiary/aromatic N) is 1. The normalized spacial score (nSPS) is 15.5. The van der Waals surface area contributed by atoms with Crippen LogP contribution in [-0.4, -0.2) is 16.1 Å². The van der Waals surface area contributed by atoms with Crippen LogP contribution < -0.4 is 11.1 Å². The van der Waals surface area contributed by atoms with Crippen LogP contribution in [-0.2, 0) is 13.1 Å². The molecule has 0 fully saturated rings. The monoisotopic (exact) mass is 229 g/mol. The van der Waals surface area contributed by atoms with Crippen LogP contribution in [0.25, 0.3) is 22.0 Å². The molecule has 17 heavy (non-hydrogen) atoms. The molecule has 3 aromatic rings. The number of benzene rings is 1. The minimum Gasteiger partial charge on any atom is -0.408 e. The van der Waals surface area contributed by atoms with Crippen LogP contribution in [0.15, 0.2) is 27.4 Å². The van der Waals surface area contributed by atoms with E-state index in [-0.39, 0.29) is 0 Å². The van der Waals surface area contributed by atoms with Crippen molar-refractivity contribution < 1.29 is 4.42 Å². The zero-order valence-electron chi connectivity index (χ0n) is 9.12.